The number of hydrogen-bond donors (Lipinski definition) is 6. The van der Waals surface area contributed by atoms with Gasteiger partial charge in [-0.05, 0) is 77.0 Å². The van der Waals surface area contributed by atoms with E-state index >= 15 is 0 Å². The van der Waals surface area contributed by atoms with Gasteiger partial charge in [0, 0.05) is 6.42 Å². The molecule has 7 atom stereocenters. The minimum Gasteiger partial charge on any atom is -0.394 e. The highest BCUT2D eigenvalue weighted by Crippen LogP contribution is 2.24. The quantitative estimate of drug-likeness (QED) is 0.0261. The Balaban J connectivity index is 2.10. The summed E-state index contributed by atoms with van der Waals surface area (Å²) in [6.07, 6.45) is 95.4. The molecule has 1 fully saturated rings. The van der Waals surface area contributed by atoms with Crippen molar-refractivity contribution in [1.82, 2.24) is 5.32 Å². The Morgan fingerprint density at radius 3 is 1.01 bits per heavy atom. The summed E-state index contributed by atoms with van der Waals surface area (Å²) in [7, 11) is 0. The Morgan fingerprint density at radius 1 is 0.385 bits per heavy atom. The molecular weight excluding hydrogens is 1130 g/mol. The summed E-state index contributed by atoms with van der Waals surface area (Å²) in [6, 6.07) is -0.812. The second kappa shape index (κ2) is 69.9. The van der Waals surface area contributed by atoms with Crippen molar-refractivity contribution in [3.8, 4) is 0 Å². The highest BCUT2D eigenvalue weighted by atomic mass is 16.7. The minimum atomic E-state index is -1.57. The van der Waals surface area contributed by atoms with E-state index in [0.717, 1.165) is 83.5 Å². The Hall–Kier alpha value is -2.89. The number of amides is 1. The van der Waals surface area contributed by atoms with Crippen molar-refractivity contribution >= 4 is 5.91 Å². The number of aliphatic hydroxyl groups is 5. The molecule has 528 valence electrons. The maximum atomic E-state index is 13.2. The van der Waals surface area contributed by atoms with Crippen LogP contribution in [-0.2, 0) is 14.3 Å². The van der Waals surface area contributed by atoms with Crippen LogP contribution in [0.2, 0.25) is 0 Å². The number of ether oxygens (including phenoxy) is 2. The molecule has 0 bridgehead atoms. The third kappa shape index (κ3) is 58.2. The van der Waals surface area contributed by atoms with Gasteiger partial charge in [-0.15, -0.1) is 0 Å². The van der Waals surface area contributed by atoms with Gasteiger partial charge in [0.15, 0.2) is 6.29 Å². The summed E-state index contributed by atoms with van der Waals surface area (Å²) in [4.78, 5) is 13.2. The van der Waals surface area contributed by atoms with Gasteiger partial charge in [-0.2, -0.15) is 0 Å². The number of aliphatic hydroxyl groups excluding tert-OH is 5. The summed E-state index contributed by atoms with van der Waals surface area (Å²) in [6.45, 7) is 3.71. The lowest BCUT2D eigenvalue weighted by Gasteiger charge is -2.40. The summed E-state index contributed by atoms with van der Waals surface area (Å²) in [5.74, 6) is -0.175. The Kier molecular flexibility index (Phi) is 66.2. The maximum Gasteiger partial charge on any atom is 0.220 e. The smallest absolute Gasteiger partial charge is 0.220 e. The van der Waals surface area contributed by atoms with Crippen molar-refractivity contribution in [2.24, 2.45) is 0 Å². The van der Waals surface area contributed by atoms with Crippen LogP contribution in [0.25, 0.3) is 0 Å². The lowest BCUT2D eigenvalue weighted by molar-refractivity contribution is -0.302. The lowest BCUT2D eigenvalue weighted by atomic mass is 9.99. The first-order valence-electron chi connectivity index (χ1n) is 39.0. The molecule has 0 saturated carbocycles. The third-order valence-electron chi connectivity index (χ3n) is 18.2. The van der Waals surface area contributed by atoms with Crippen molar-refractivity contribution in [2.75, 3.05) is 13.2 Å². The minimum absolute atomic E-state index is 0.175. The normalized spacial score (nSPS) is 18.3. The fourth-order valence-electron chi connectivity index (χ4n) is 12.1. The van der Waals surface area contributed by atoms with Crippen molar-refractivity contribution in [2.45, 2.75) is 403 Å². The maximum absolute atomic E-state index is 13.2. The molecule has 6 N–H and O–H groups in total. The molecule has 7 unspecified atom stereocenters. The lowest BCUT2D eigenvalue weighted by Crippen LogP contribution is -2.60. The fourth-order valence-corrected chi connectivity index (χ4v) is 12.1. The largest absolute Gasteiger partial charge is 0.394 e. The average molecular weight is 1280 g/mol. The average Bonchev–Trinajstić information content (AvgIpc) is 1.70. The molecule has 0 aromatic rings. The van der Waals surface area contributed by atoms with Crippen molar-refractivity contribution in [3.63, 3.8) is 0 Å². The van der Waals surface area contributed by atoms with Gasteiger partial charge in [0.05, 0.1) is 25.4 Å². The number of rotatable bonds is 68. The zero-order chi connectivity index (χ0) is 65.7. The van der Waals surface area contributed by atoms with Crippen LogP contribution in [0.15, 0.2) is 97.2 Å². The molecule has 1 amide bonds. The van der Waals surface area contributed by atoms with E-state index in [0.29, 0.717) is 6.42 Å². The van der Waals surface area contributed by atoms with E-state index in [4.69, 9.17) is 9.47 Å². The van der Waals surface area contributed by atoms with Crippen LogP contribution in [0.4, 0.5) is 0 Å². The van der Waals surface area contributed by atoms with Crippen LogP contribution < -0.4 is 5.32 Å². The number of hydrogen-bond acceptors (Lipinski definition) is 8. The zero-order valence-electron chi connectivity index (χ0n) is 59.3. The highest BCUT2D eigenvalue weighted by molar-refractivity contribution is 5.76. The van der Waals surface area contributed by atoms with E-state index in [1.54, 1.807) is 6.08 Å². The van der Waals surface area contributed by atoms with Gasteiger partial charge < -0.3 is 40.3 Å². The molecule has 9 nitrogen and oxygen atoms in total. The first-order chi connectivity index (χ1) is 44.8. The molecule has 9 heteroatoms. The van der Waals surface area contributed by atoms with Crippen LogP contribution in [0.3, 0.4) is 0 Å². The first-order valence-corrected chi connectivity index (χ1v) is 39.0. The molecule has 0 aliphatic carbocycles. The van der Waals surface area contributed by atoms with Gasteiger partial charge in [0.25, 0.3) is 0 Å². The molecule has 0 aromatic carbocycles. The van der Waals surface area contributed by atoms with Gasteiger partial charge in [-0.1, -0.05) is 374 Å². The number of allylic oxidation sites excluding steroid dienone is 15. The molecule has 1 aliphatic rings. The van der Waals surface area contributed by atoms with Gasteiger partial charge in [0.1, 0.15) is 24.4 Å². The standard InChI is InChI=1S/C82H147NO8/c1-3-5-7-9-11-13-15-17-19-21-23-25-27-29-31-33-35-36-37-38-39-40-42-44-46-48-50-52-54-56-58-60-62-64-66-68-70-72-78(86)83-75(74-90-82-81(89)80(88)79(87)77(73-84)91-82)76(85)71-69-67-65-63-61-59-57-55-53-51-49-47-45-43-41-34-32-30-28-26-24-22-20-18-16-14-12-10-8-6-4-2/h5,7,11,13,17,19,23,25,29,31,35-36,38-39,69,71,75-77,79-82,84-85,87-89H,3-4,6,8-10,12,14-16,18,20-22,24,26-28,30,32-34,37,40-68,70,72-74H2,1-2H3,(H,83,86)/b7-5-,13-11-,19-17-,25-23-,31-29-,36-35-,39-38-,71-69+. The molecule has 0 spiro atoms. The van der Waals surface area contributed by atoms with Gasteiger partial charge in [-0.3, -0.25) is 4.79 Å². The molecule has 1 heterocycles. The number of nitrogens with one attached hydrogen (secondary N) is 1. The summed E-state index contributed by atoms with van der Waals surface area (Å²) in [5, 5.41) is 54.9. The Morgan fingerprint density at radius 2 is 0.681 bits per heavy atom. The molecular formula is C82H147NO8. The predicted octanol–water partition coefficient (Wildman–Crippen LogP) is 22.2. The monoisotopic (exact) mass is 1270 g/mol. The second-order valence-electron chi connectivity index (χ2n) is 26.8. The topological polar surface area (TPSA) is 149 Å². The van der Waals surface area contributed by atoms with Crippen molar-refractivity contribution in [1.29, 1.82) is 0 Å². The van der Waals surface area contributed by atoms with E-state index in [9.17, 15) is 30.3 Å². The van der Waals surface area contributed by atoms with E-state index < -0.39 is 49.5 Å². The zero-order valence-corrected chi connectivity index (χ0v) is 59.3. The fraction of sp³-hybridized carbons (Fsp3) is 0.793. The van der Waals surface area contributed by atoms with Crippen LogP contribution in [0, 0.1) is 0 Å². The summed E-state index contributed by atoms with van der Waals surface area (Å²) < 4.78 is 11.3. The van der Waals surface area contributed by atoms with Crippen LogP contribution in [0.5, 0.6) is 0 Å². The van der Waals surface area contributed by atoms with Crippen molar-refractivity contribution in [3.05, 3.63) is 97.2 Å². The molecule has 1 saturated heterocycles. The van der Waals surface area contributed by atoms with Gasteiger partial charge >= 0.3 is 0 Å². The van der Waals surface area contributed by atoms with Gasteiger partial charge in [-0.25, -0.2) is 0 Å². The van der Waals surface area contributed by atoms with Crippen LogP contribution >= 0.6 is 0 Å². The predicted molar refractivity (Wildman–Crippen MR) is 391 cm³/mol. The molecule has 0 radical (unpaired) electrons. The number of unbranched alkanes of at least 4 members (excludes halogenated alkanes) is 44. The van der Waals surface area contributed by atoms with E-state index in [-0.39, 0.29) is 12.5 Å². The summed E-state index contributed by atoms with van der Waals surface area (Å²) in [5.41, 5.74) is 0. The van der Waals surface area contributed by atoms with Crippen LogP contribution in [-0.4, -0.2) is 87.5 Å². The Bertz CT molecular complexity index is 1770. The van der Waals surface area contributed by atoms with E-state index in [2.05, 4.69) is 104 Å². The third-order valence-corrected chi connectivity index (χ3v) is 18.2. The number of carbonyl (C=O) groups excluding carboxylic acids is 1. The molecule has 1 aliphatic heterocycles. The van der Waals surface area contributed by atoms with E-state index in [1.165, 1.54) is 257 Å². The first kappa shape index (κ1) is 86.1. The summed E-state index contributed by atoms with van der Waals surface area (Å²) >= 11 is 0. The molecule has 91 heavy (non-hydrogen) atoms. The van der Waals surface area contributed by atoms with Gasteiger partial charge in [0.2, 0.25) is 5.91 Å². The van der Waals surface area contributed by atoms with Crippen LogP contribution in [0.1, 0.15) is 361 Å². The van der Waals surface area contributed by atoms with E-state index in [1.807, 2.05) is 6.08 Å². The second-order valence-corrected chi connectivity index (χ2v) is 26.8. The molecule has 0 aromatic heterocycles. The number of carbonyl (C=O) groups is 1. The van der Waals surface area contributed by atoms with Crippen molar-refractivity contribution < 1.29 is 39.8 Å². The Labute approximate surface area is 562 Å². The molecule has 1 rings (SSSR count). The SMILES string of the molecule is CC/C=C\C/C=C\C/C=C\C/C=C\C/C=C\C/C=C\C/C=C\CCCCCCCCCCCCCCCCCC(=O)NC(COC1OC(CO)C(O)C(O)C1O)C(O)/C=C/CCCCCCCCCCCCCCCCCCCCCCCCCCCCCCC. The highest BCUT2D eigenvalue weighted by Gasteiger charge is 2.44.